The number of aliphatic hydroxyl groups is 2. The third-order valence-electron chi connectivity index (χ3n) is 5.80. The number of aliphatic hydroxyl groups excluding tert-OH is 2. The lowest BCUT2D eigenvalue weighted by molar-refractivity contribution is 0.244. The minimum atomic E-state index is -0.483. The number of hydrogen-bond donors (Lipinski definition) is 4. The van der Waals surface area contributed by atoms with Crippen LogP contribution in [-0.4, -0.2) is 52.6 Å². The Labute approximate surface area is 208 Å². The van der Waals surface area contributed by atoms with E-state index in [-0.39, 0.29) is 24.4 Å². The predicted molar refractivity (Wildman–Crippen MR) is 138 cm³/mol. The third kappa shape index (κ3) is 5.13. The maximum absolute atomic E-state index is 9.67. The van der Waals surface area contributed by atoms with Crippen molar-refractivity contribution in [1.29, 1.82) is 0 Å². The van der Waals surface area contributed by atoms with Crippen molar-refractivity contribution in [3.05, 3.63) is 82.7 Å². The number of hydrogen-bond acceptors (Lipinski definition) is 10. The number of nitrogens with zero attached hydrogens (tertiary/aromatic N) is 4. The number of ether oxygens (including phenoxy) is 2. The van der Waals surface area contributed by atoms with E-state index in [1.165, 1.54) is 0 Å². The molecule has 0 amide bonds. The number of anilines is 1. The van der Waals surface area contributed by atoms with Crippen LogP contribution < -0.4 is 15.4 Å². The Bertz CT molecular complexity index is 1350. The van der Waals surface area contributed by atoms with Crippen molar-refractivity contribution in [1.82, 2.24) is 10.3 Å². The first-order valence-corrected chi connectivity index (χ1v) is 11.5. The second-order valence-electron chi connectivity index (χ2n) is 8.48. The van der Waals surface area contributed by atoms with Crippen LogP contribution in [0.2, 0.25) is 0 Å². The molecule has 0 saturated carbocycles. The van der Waals surface area contributed by atoms with E-state index < -0.39 is 6.61 Å². The molecule has 10 heteroatoms. The summed E-state index contributed by atoms with van der Waals surface area (Å²) >= 11 is 0. The lowest BCUT2D eigenvalue weighted by Gasteiger charge is -2.25. The Morgan fingerprint density at radius 2 is 2.08 bits per heavy atom. The molecule has 184 valence electrons. The number of nitrogens with one attached hydrogen (secondary N) is 2. The van der Waals surface area contributed by atoms with E-state index in [1.54, 1.807) is 12.5 Å². The molecule has 0 saturated heterocycles. The number of amidine groups is 2. The van der Waals surface area contributed by atoms with Gasteiger partial charge in [0, 0.05) is 22.7 Å². The van der Waals surface area contributed by atoms with Crippen LogP contribution in [-0.2, 0) is 4.74 Å². The van der Waals surface area contributed by atoms with E-state index in [9.17, 15) is 5.11 Å². The minimum absolute atomic E-state index is 0.0476. The molecule has 0 radical (unpaired) electrons. The number of allylic oxidation sites excluding steroid dienone is 1. The molecule has 2 aliphatic heterocycles. The van der Waals surface area contributed by atoms with Gasteiger partial charge in [0.1, 0.15) is 48.3 Å². The molecule has 3 heterocycles. The first-order valence-electron chi connectivity index (χ1n) is 11.5. The van der Waals surface area contributed by atoms with Crippen LogP contribution in [0.4, 0.5) is 5.69 Å². The zero-order chi connectivity index (χ0) is 25.1. The Hall–Kier alpha value is -4.44. The molecule has 0 spiro atoms. The minimum Gasteiger partial charge on any atom is -0.508 e. The first kappa shape index (κ1) is 23.3. The van der Waals surface area contributed by atoms with Gasteiger partial charge in [0.2, 0.25) is 0 Å². The number of aryl methyl sites for hydroxylation is 2. The van der Waals surface area contributed by atoms with Gasteiger partial charge < -0.3 is 30.3 Å². The number of aliphatic imine (C=N–C) groups is 3. The second-order valence-corrected chi connectivity index (χ2v) is 8.48. The van der Waals surface area contributed by atoms with Gasteiger partial charge in [-0.2, -0.15) is 4.99 Å². The van der Waals surface area contributed by atoms with Crippen molar-refractivity contribution < 1.29 is 19.7 Å². The predicted octanol–water partition coefficient (Wildman–Crippen LogP) is 3.66. The molecule has 1 aromatic carbocycles. The van der Waals surface area contributed by atoms with Crippen molar-refractivity contribution in [2.24, 2.45) is 15.0 Å². The Morgan fingerprint density at radius 3 is 2.86 bits per heavy atom. The van der Waals surface area contributed by atoms with Crippen molar-refractivity contribution in [2.45, 2.75) is 26.3 Å². The molecule has 36 heavy (non-hydrogen) atoms. The van der Waals surface area contributed by atoms with E-state index in [0.29, 0.717) is 23.7 Å². The summed E-state index contributed by atoms with van der Waals surface area (Å²) < 4.78 is 11.4. The lowest BCUT2D eigenvalue weighted by atomic mass is 9.95. The molecular formula is C26H26N6O4. The molecule has 1 aromatic heterocycles. The van der Waals surface area contributed by atoms with Crippen LogP contribution >= 0.6 is 0 Å². The zero-order valence-corrected chi connectivity index (χ0v) is 19.9. The standard InChI is InChI=1S/C26H26N6O4/c1-15-9-17(5-8-24(15)36-19-6-3-16(2)27-11-19)30-25-20-10-18(4-7-21(20)28-14-29-25)31-26-32-22(13-35-26)23(34)12-33/h3-6,8-11,14,21,33-34H,7,12-13H2,1-2H3,(H,31,32)(H,28,29,30)/b23-22-. The summed E-state index contributed by atoms with van der Waals surface area (Å²) in [7, 11) is 0. The van der Waals surface area contributed by atoms with E-state index in [1.807, 2.05) is 56.3 Å². The molecule has 0 bridgehead atoms. The molecule has 4 N–H and O–H groups in total. The number of fused-ring (bicyclic) bond motifs is 1. The van der Waals surface area contributed by atoms with Gasteiger partial charge in [-0.15, -0.1) is 0 Å². The summed E-state index contributed by atoms with van der Waals surface area (Å²) in [6.07, 6.45) is 7.92. The van der Waals surface area contributed by atoms with Gasteiger partial charge in [-0.3, -0.25) is 9.98 Å². The summed E-state index contributed by atoms with van der Waals surface area (Å²) in [6.45, 7) is 3.53. The second kappa shape index (κ2) is 10.0. The van der Waals surface area contributed by atoms with E-state index in [2.05, 4.69) is 30.6 Å². The number of benzene rings is 1. The first-order chi connectivity index (χ1) is 17.5. The van der Waals surface area contributed by atoms with Gasteiger partial charge in [-0.1, -0.05) is 6.08 Å². The molecule has 1 atom stereocenters. The fourth-order valence-electron chi connectivity index (χ4n) is 3.86. The summed E-state index contributed by atoms with van der Waals surface area (Å²) in [5.41, 5.74) is 4.78. The van der Waals surface area contributed by atoms with E-state index in [4.69, 9.17) is 14.6 Å². The van der Waals surface area contributed by atoms with Crippen LogP contribution in [0.1, 0.15) is 17.7 Å². The third-order valence-corrected chi connectivity index (χ3v) is 5.80. The zero-order valence-electron chi connectivity index (χ0n) is 19.9. The van der Waals surface area contributed by atoms with Crippen molar-refractivity contribution >= 4 is 23.9 Å². The van der Waals surface area contributed by atoms with Gasteiger partial charge in [-0.25, -0.2) is 4.99 Å². The molecule has 0 fully saturated rings. The Kier molecular flexibility index (Phi) is 6.50. The fourth-order valence-corrected chi connectivity index (χ4v) is 3.86. The average molecular weight is 487 g/mol. The van der Waals surface area contributed by atoms with Crippen LogP contribution in [0.25, 0.3) is 0 Å². The number of aromatic nitrogens is 1. The summed E-state index contributed by atoms with van der Waals surface area (Å²) in [5, 5.41) is 25.3. The van der Waals surface area contributed by atoms with Crippen LogP contribution in [0.5, 0.6) is 11.5 Å². The van der Waals surface area contributed by atoms with Gasteiger partial charge in [-0.05, 0) is 62.2 Å². The topological polar surface area (TPSA) is 133 Å². The molecular weight excluding hydrogens is 460 g/mol. The van der Waals surface area contributed by atoms with Crippen molar-refractivity contribution in [3.8, 4) is 11.5 Å². The molecule has 1 aliphatic carbocycles. The van der Waals surface area contributed by atoms with Crippen LogP contribution in [0.15, 0.2) is 86.4 Å². The van der Waals surface area contributed by atoms with Gasteiger partial charge in [0.15, 0.2) is 0 Å². The average Bonchev–Trinajstić information content (AvgIpc) is 3.35. The number of rotatable bonds is 5. The molecule has 3 aliphatic rings. The van der Waals surface area contributed by atoms with Gasteiger partial charge in [0.25, 0.3) is 6.02 Å². The highest BCUT2D eigenvalue weighted by Crippen LogP contribution is 2.29. The summed E-state index contributed by atoms with van der Waals surface area (Å²) in [6, 6.07) is 9.87. The van der Waals surface area contributed by atoms with Crippen LogP contribution in [0.3, 0.4) is 0 Å². The fraction of sp³-hybridized carbons (Fsp3) is 0.231. The lowest BCUT2D eigenvalue weighted by Crippen LogP contribution is -2.31. The van der Waals surface area contributed by atoms with Crippen molar-refractivity contribution in [2.75, 3.05) is 18.5 Å². The summed E-state index contributed by atoms with van der Waals surface area (Å²) in [4.78, 5) is 17.4. The smallest absolute Gasteiger partial charge is 0.294 e. The molecule has 2 aromatic rings. The Balaban J connectivity index is 1.30. The van der Waals surface area contributed by atoms with Crippen molar-refractivity contribution in [3.63, 3.8) is 0 Å². The maximum Gasteiger partial charge on any atom is 0.294 e. The molecule has 10 nitrogen and oxygen atoms in total. The highest BCUT2D eigenvalue weighted by atomic mass is 16.5. The molecule has 1 unspecified atom stereocenters. The highest BCUT2D eigenvalue weighted by Gasteiger charge is 2.25. The normalized spacial score (nSPS) is 19.8. The highest BCUT2D eigenvalue weighted by molar-refractivity contribution is 6.13. The van der Waals surface area contributed by atoms with E-state index in [0.717, 1.165) is 34.0 Å². The van der Waals surface area contributed by atoms with Gasteiger partial charge in [0.05, 0.1) is 12.2 Å². The quantitative estimate of drug-likeness (QED) is 0.474. The molecule has 5 rings (SSSR count). The van der Waals surface area contributed by atoms with Crippen LogP contribution in [0, 0.1) is 13.8 Å². The summed E-state index contributed by atoms with van der Waals surface area (Å²) in [5.74, 6) is 1.93. The SMILES string of the molecule is Cc1ccc(Oc2ccc(NC3=NC=NC4CC=C(NC5=N/C(=C(\O)CO)CO5)C=C34)cc2C)cn1. The monoisotopic (exact) mass is 486 g/mol. The van der Waals surface area contributed by atoms with E-state index >= 15 is 0 Å². The maximum atomic E-state index is 9.67. The van der Waals surface area contributed by atoms with Gasteiger partial charge >= 0.3 is 0 Å². The largest absolute Gasteiger partial charge is 0.508 e. The Morgan fingerprint density at radius 1 is 1.19 bits per heavy atom. The number of pyridine rings is 1.